The molecule has 3 heterocycles. The Labute approximate surface area is 207 Å². The number of nitrogens with zero attached hydrogens (tertiary/aromatic N) is 3. The predicted molar refractivity (Wildman–Crippen MR) is 132 cm³/mol. The van der Waals surface area contributed by atoms with Crippen molar-refractivity contribution in [1.82, 2.24) is 14.7 Å². The molecule has 0 unspecified atom stereocenters. The van der Waals surface area contributed by atoms with E-state index >= 15 is 0 Å². The first-order valence-corrected chi connectivity index (χ1v) is 12.0. The van der Waals surface area contributed by atoms with Crippen molar-refractivity contribution in [3.05, 3.63) is 70.0 Å². The van der Waals surface area contributed by atoms with Crippen LogP contribution in [0.15, 0.2) is 47.4 Å². The van der Waals surface area contributed by atoms with Crippen molar-refractivity contribution < 1.29 is 23.5 Å². The van der Waals surface area contributed by atoms with Gasteiger partial charge in [-0.05, 0) is 36.2 Å². The number of halogens is 1. The number of Topliss-reactive ketones (excluding diaryl/α,β-unsaturated/α-hetero) is 1. The summed E-state index contributed by atoms with van der Waals surface area (Å²) < 4.78 is 25.6. The van der Waals surface area contributed by atoms with Gasteiger partial charge in [-0.15, -0.1) is 0 Å². The summed E-state index contributed by atoms with van der Waals surface area (Å²) in [6, 6.07) is 9.12. The zero-order valence-electron chi connectivity index (χ0n) is 20.2. The molecular weight excluding hydrogens is 467 g/mol. The van der Waals surface area contributed by atoms with Crippen LogP contribution in [0.5, 0.6) is 5.75 Å². The fraction of sp³-hybridized carbons (Fsp3) is 0.385. The van der Waals surface area contributed by atoms with Gasteiger partial charge < -0.3 is 19.7 Å². The summed E-state index contributed by atoms with van der Waals surface area (Å²) in [5.41, 5.74) is 1.12. The number of aromatic nitrogens is 2. The third-order valence-electron chi connectivity index (χ3n) is 5.86. The van der Waals surface area contributed by atoms with Crippen LogP contribution in [-0.2, 0) is 16.0 Å². The lowest BCUT2D eigenvalue weighted by molar-refractivity contribution is -0.117. The molecule has 1 amide bonds. The van der Waals surface area contributed by atoms with E-state index in [-0.39, 0.29) is 42.6 Å². The van der Waals surface area contributed by atoms with Gasteiger partial charge in [0.2, 0.25) is 5.75 Å². The number of carbonyl (C=O) groups is 2. The maximum absolute atomic E-state index is 13.4. The van der Waals surface area contributed by atoms with E-state index in [2.05, 4.69) is 15.2 Å². The highest BCUT2D eigenvalue weighted by molar-refractivity contribution is 5.98. The van der Waals surface area contributed by atoms with Gasteiger partial charge in [0.15, 0.2) is 11.5 Å². The Balaban J connectivity index is 1.56. The quantitative estimate of drug-likeness (QED) is 0.430. The number of ether oxygens (including phenoxy) is 2. The lowest BCUT2D eigenvalue weighted by Crippen LogP contribution is -2.36. The maximum Gasteiger partial charge on any atom is 0.301 e. The Bertz CT molecular complexity index is 1290. The predicted octanol–water partition coefficient (Wildman–Crippen LogP) is 2.39. The number of pyridine rings is 1. The molecule has 10 heteroatoms. The van der Waals surface area contributed by atoms with Crippen molar-refractivity contribution in [2.75, 3.05) is 44.4 Å². The van der Waals surface area contributed by atoms with Crippen LogP contribution in [0.1, 0.15) is 35.8 Å². The van der Waals surface area contributed by atoms with Crippen LogP contribution in [0.25, 0.3) is 5.65 Å². The van der Waals surface area contributed by atoms with Crippen LogP contribution in [0.2, 0.25) is 0 Å². The van der Waals surface area contributed by atoms with Crippen molar-refractivity contribution in [1.29, 1.82) is 0 Å². The topological polar surface area (TPSA) is 102 Å². The summed E-state index contributed by atoms with van der Waals surface area (Å²) in [5.74, 6) is -1.48. The highest BCUT2D eigenvalue weighted by atomic mass is 19.1. The summed E-state index contributed by atoms with van der Waals surface area (Å²) >= 11 is 0. The SMILES string of the molecule is CCCCOc1c(C(=O)NCC(=O)Cc2ccc(F)cc2)nc2ccc(N3CCOCC3)cn2c1=O. The second kappa shape index (κ2) is 11.8. The molecule has 2 aromatic heterocycles. The zero-order valence-corrected chi connectivity index (χ0v) is 20.2. The Morgan fingerprint density at radius 1 is 1.14 bits per heavy atom. The fourth-order valence-electron chi connectivity index (χ4n) is 3.88. The molecule has 190 valence electrons. The van der Waals surface area contributed by atoms with Gasteiger partial charge in [0, 0.05) is 25.7 Å². The number of carbonyl (C=O) groups excluding carboxylic acids is 2. The van der Waals surface area contributed by atoms with E-state index in [1.807, 2.05) is 13.0 Å². The van der Waals surface area contributed by atoms with Crippen LogP contribution in [-0.4, -0.2) is 60.5 Å². The van der Waals surface area contributed by atoms with E-state index in [0.717, 1.165) is 12.1 Å². The average molecular weight is 497 g/mol. The third kappa shape index (κ3) is 6.06. The molecule has 1 N–H and O–H groups in total. The molecule has 1 aliphatic heterocycles. The lowest BCUT2D eigenvalue weighted by Gasteiger charge is -2.28. The number of nitrogens with one attached hydrogen (secondary N) is 1. The van der Waals surface area contributed by atoms with Crippen molar-refractivity contribution in [3.8, 4) is 5.75 Å². The minimum Gasteiger partial charge on any atom is -0.486 e. The molecule has 36 heavy (non-hydrogen) atoms. The highest BCUT2D eigenvalue weighted by Crippen LogP contribution is 2.19. The number of morpholine rings is 1. The first-order valence-electron chi connectivity index (χ1n) is 12.0. The molecule has 4 rings (SSSR count). The van der Waals surface area contributed by atoms with Crippen LogP contribution >= 0.6 is 0 Å². The Morgan fingerprint density at radius 3 is 2.61 bits per heavy atom. The molecule has 0 bridgehead atoms. The second-order valence-corrected chi connectivity index (χ2v) is 8.54. The van der Waals surface area contributed by atoms with E-state index in [9.17, 15) is 18.8 Å². The standard InChI is InChI=1S/C26H29FN4O5/c1-2-3-12-36-24-23(25(33)28-16-21(32)15-18-4-6-19(27)7-5-18)29-22-9-8-20(17-31(22)26(24)34)30-10-13-35-14-11-30/h4-9,17H,2-3,10-16H2,1H3,(H,28,33). The first kappa shape index (κ1) is 25.3. The summed E-state index contributed by atoms with van der Waals surface area (Å²) in [5, 5.41) is 2.54. The first-order chi connectivity index (χ1) is 17.5. The normalized spacial score (nSPS) is 13.6. The van der Waals surface area contributed by atoms with Gasteiger partial charge in [-0.1, -0.05) is 25.5 Å². The monoisotopic (exact) mass is 496 g/mol. The molecule has 3 aromatic rings. The van der Waals surface area contributed by atoms with Gasteiger partial charge in [-0.25, -0.2) is 9.37 Å². The number of amides is 1. The molecular formula is C26H29FN4O5. The van der Waals surface area contributed by atoms with Crippen molar-refractivity contribution >= 4 is 23.0 Å². The zero-order chi connectivity index (χ0) is 25.5. The van der Waals surface area contributed by atoms with Crippen LogP contribution in [0.3, 0.4) is 0 Å². The third-order valence-corrected chi connectivity index (χ3v) is 5.86. The van der Waals surface area contributed by atoms with Crippen LogP contribution in [0, 0.1) is 5.82 Å². The molecule has 1 saturated heterocycles. The summed E-state index contributed by atoms with van der Waals surface area (Å²) in [6.07, 6.45) is 3.28. The van der Waals surface area contributed by atoms with Gasteiger partial charge >= 0.3 is 5.56 Å². The van der Waals surface area contributed by atoms with Crippen LogP contribution < -0.4 is 20.5 Å². The highest BCUT2D eigenvalue weighted by Gasteiger charge is 2.22. The number of hydrogen-bond acceptors (Lipinski definition) is 7. The molecule has 0 aliphatic carbocycles. The van der Waals surface area contributed by atoms with Gasteiger partial charge in [-0.3, -0.25) is 18.8 Å². The minimum absolute atomic E-state index is 0.0402. The fourth-order valence-corrected chi connectivity index (χ4v) is 3.88. The van der Waals surface area contributed by atoms with Gasteiger partial charge in [0.05, 0.1) is 32.1 Å². The molecule has 0 spiro atoms. The van der Waals surface area contributed by atoms with Gasteiger partial charge in [-0.2, -0.15) is 0 Å². The Hall–Kier alpha value is -3.79. The van der Waals surface area contributed by atoms with E-state index in [4.69, 9.17) is 9.47 Å². The van der Waals surface area contributed by atoms with Gasteiger partial charge in [0.1, 0.15) is 11.5 Å². The van der Waals surface area contributed by atoms with Crippen molar-refractivity contribution in [2.24, 2.45) is 0 Å². The second-order valence-electron chi connectivity index (χ2n) is 8.54. The smallest absolute Gasteiger partial charge is 0.301 e. The molecule has 1 fully saturated rings. The van der Waals surface area contributed by atoms with Crippen molar-refractivity contribution in [2.45, 2.75) is 26.2 Å². The van der Waals surface area contributed by atoms with E-state index < -0.39 is 11.5 Å². The summed E-state index contributed by atoms with van der Waals surface area (Å²) in [7, 11) is 0. The van der Waals surface area contributed by atoms with E-state index in [0.29, 0.717) is 43.9 Å². The molecule has 1 aliphatic rings. The molecule has 9 nitrogen and oxygen atoms in total. The number of anilines is 1. The van der Waals surface area contributed by atoms with E-state index in [1.54, 1.807) is 12.3 Å². The van der Waals surface area contributed by atoms with Gasteiger partial charge in [0.25, 0.3) is 5.91 Å². The lowest BCUT2D eigenvalue weighted by atomic mass is 10.1. The molecule has 0 atom stereocenters. The number of unbranched alkanes of at least 4 members (excludes halogenated alkanes) is 1. The Morgan fingerprint density at radius 2 is 1.89 bits per heavy atom. The number of rotatable bonds is 10. The number of fused-ring (bicyclic) bond motifs is 1. The maximum atomic E-state index is 13.4. The van der Waals surface area contributed by atoms with Crippen molar-refractivity contribution in [3.63, 3.8) is 0 Å². The molecule has 1 aromatic carbocycles. The van der Waals surface area contributed by atoms with E-state index in [1.165, 1.54) is 28.7 Å². The summed E-state index contributed by atoms with van der Waals surface area (Å²) in [4.78, 5) is 45.2. The Kier molecular flexibility index (Phi) is 8.27. The summed E-state index contributed by atoms with van der Waals surface area (Å²) in [6.45, 7) is 4.61. The average Bonchev–Trinajstić information content (AvgIpc) is 2.90. The minimum atomic E-state index is -0.675. The molecule has 0 saturated carbocycles. The van der Waals surface area contributed by atoms with Crippen LogP contribution in [0.4, 0.5) is 10.1 Å². The number of ketones is 1. The number of hydrogen-bond donors (Lipinski definition) is 1. The molecule has 0 radical (unpaired) electrons. The number of benzene rings is 1. The largest absolute Gasteiger partial charge is 0.486 e.